The summed E-state index contributed by atoms with van der Waals surface area (Å²) in [5.74, 6) is -1.17. The van der Waals surface area contributed by atoms with Crippen LogP contribution in [0.2, 0.25) is 0 Å². The molecule has 2 aromatic carbocycles. The third-order valence-electron chi connectivity index (χ3n) is 3.85. The number of benzene rings is 2. The number of hydrogen-bond acceptors (Lipinski definition) is 4. The lowest BCUT2D eigenvalue weighted by Crippen LogP contribution is -2.45. The summed E-state index contributed by atoms with van der Waals surface area (Å²) in [5.41, 5.74) is 0.352. The Hall–Kier alpha value is -2.62. The van der Waals surface area contributed by atoms with Crippen LogP contribution in [0.25, 0.3) is 0 Å². The van der Waals surface area contributed by atoms with Gasteiger partial charge in [-0.2, -0.15) is 0 Å². The van der Waals surface area contributed by atoms with E-state index in [0.717, 1.165) is 11.1 Å². The zero-order valence-corrected chi connectivity index (χ0v) is 13.3. The number of rotatable bonds is 6. The van der Waals surface area contributed by atoms with Crippen molar-refractivity contribution < 1.29 is 19.1 Å². The molecule has 4 heteroatoms. The van der Waals surface area contributed by atoms with E-state index in [4.69, 9.17) is 9.47 Å². The predicted molar refractivity (Wildman–Crippen MR) is 86.8 cm³/mol. The van der Waals surface area contributed by atoms with Gasteiger partial charge in [0.1, 0.15) is 0 Å². The van der Waals surface area contributed by atoms with Crippen molar-refractivity contribution in [2.45, 2.75) is 12.8 Å². The van der Waals surface area contributed by atoms with Crippen LogP contribution in [0.5, 0.6) is 0 Å². The zero-order valence-electron chi connectivity index (χ0n) is 13.3. The van der Waals surface area contributed by atoms with Crippen LogP contribution in [0.15, 0.2) is 60.7 Å². The Morgan fingerprint density at radius 2 is 1.09 bits per heavy atom. The van der Waals surface area contributed by atoms with Crippen LogP contribution >= 0.6 is 0 Å². The molecule has 2 aromatic rings. The highest BCUT2D eigenvalue weighted by atomic mass is 16.5. The summed E-state index contributed by atoms with van der Waals surface area (Å²) < 4.78 is 9.89. The SMILES string of the molecule is COC(=O)C(Cc1ccccc1)(Cc1ccccc1)C(=O)OC. The first-order valence-electron chi connectivity index (χ1n) is 7.37. The minimum Gasteiger partial charge on any atom is -0.468 e. The van der Waals surface area contributed by atoms with Crippen LogP contribution < -0.4 is 0 Å². The summed E-state index contributed by atoms with van der Waals surface area (Å²) in [7, 11) is 2.58. The van der Waals surface area contributed by atoms with E-state index in [2.05, 4.69) is 0 Å². The van der Waals surface area contributed by atoms with Gasteiger partial charge in [-0.15, -0.1) is 0 Å². The number of hydrogen-bond donors (Lipinski definition) is 0. The summed E-state index contributed by atoms with van der Waals surface area (Å²) in [6.07, 6.45) is 0.449. The van der Waals surface area contributed by atoms with Crippen molar-refractivity contribution in [1.29, 1.82) is 0 Å². The molecule has 120 valence electrons. The smallest absolute Gasteiger partial charge is 0.323 e. The summed E-state index contributed by atoms with van der Waals surface area (Å²) in [6.45, 7) is 0. The van der Waals surface area contributed by atoms with E-state index in [1.807, 2.05) is 60.7 Å². The van der Waals surface area contributed by atoms with E-state index in [0.29, 0.717) is 0 Å². The van der Waals surface area contributed by atoms with Gasteiger partial charge < -0.3 is 9.47 Å². The predicted octanol–water partition coefficient (Wildman–Crippen LogP) is 2.80. The van der Waals surface area contributed by atoms with E-state index in [1.54, 1.807) is 0 Å². The van der Waals surface area contributed by atoms with Gasteiger partial charge in [0.15, 0.2) is 5.41 Å². The second-order valence-corrected chi connectivity index (χ2v) is 5.39. The van der Waals surface area contributed by atoms with Gasteiger partial charge >= 0.3 is 11.9 Å². The maximum absolute atomic E-state index is 12.5. The van der Waals surface area contributed by atoms with Crippen LogP contribution in [0.1, 0.15) is 11.1 Å². The maximum atomic E-state index is 12.5. The Kier molecular flexibility index (Phi) is 5.52. The first-order valence-corrected chi connectivity index (χ1v) is 7.37. The van der Waals surface area contributed by atoms with Crippen molar-refractivity contribution >= 4 is 11.9 Å². The first-order chi connectivity index (χ1) is 11.1. The highest BCUT2D eigenvalue weighted by molar-refractivity contribution is 6.00. The summed E-state index contributed by atoms with van der Waals surface area (Å²) in [6, 6.07) is 18.8. The fraction of sp³-hybridized carbons (Fsp3) is 0.263. The number of carbonyl (C=O) groups excluding carboxylic acids is 2. The molecule has 2 rings (SSSR count). The largest absolute Gasteiger partial charge is 0.468 e. The highest BCUT2D eigenvalue weighted by Crippen LogP contribution is 2.31. The molecule has 0 aromatic heterocycles. The third kappa shape index (κ3) is 3.77. The highest BCUT2D eigenvalue weighted by Gasteiger charge is 2.48. The quantitative estimate of drug-likeness (QED) is 0.608. The van der Waals surface area contributed by atoms with Crippen LogP contribution in [0, 0.1) is 5.41 Å². The topological polar surface area (TPSA) is 52.6 Å². The minimum atomic E-state index is -1.40. The molecule has 23 heavy (non-hydrogen) atoms. The monoisotopic (exact) mass is 312 g/mol. The van der Waals surface area contributed by atoms with Gasteiger partial charge in [-0.25, -0.2) is 0 Å². The fourth-order valence-electron chi connectivity index (χ4n) is 2.71. The van der Waals surface area contributed by atoms with E-state index in [1.165, 1.54) is 14.2 Å². The molecule has 0 amide bonds. The van der Waals surface area contributed by atoms with Gasteiger partial charge in [0, 0.05) is 0 Å². The van der Waals surface area contributed by atoms with Crippen molar-refractivity contribution in [1.82, 2.24) is 0 Å². The third-order valence-corrected chi connectivity index (χ3v) is 3.85. The molecule has 0 saturated heterocycles. The molecule has 0 atom stereocenters. The van der Waals surface area contributed by atoms with E-state index in [-0.39, 0.29) is 12.8 Å². The van der Waals surface area contributed by atoms with Gasteiger partial charge in [0.2, 0.25) is 0 Å². The number of carbonyl (C=O) groups is 2. The normalized spacial score (nSPS) is 10.9. The number of esters is 2. The fourth-order valence-corrected chi connectivity index (χ4v) is 2.71. The lowest BCUT2D eigenvalue weighted by Gasteiger charge is -2.28. The van der Waals surface area contributed by atoms with Gasteiger partial charge in [-0.3, -0.25) is 9.59 Å². The molecule has 0 unspecified atom stereocenters. The van der Waals surface area contributed by atoms with Crippen LogP contribution in [0.4, 0.5) is 0 Å². The molecule has 0 spiro atoms. The summed E-state index contributed by atoms with van der Waals surface area (Å²) in [5, 5.41) is 0. The molecule has 0 saturated carbocycles. The Labute approximate surface area is 136 Å². The van der Waals surface area contributed by atoms with Crippen LogP contribution in [0.3, 0.4) is 0 Å². The number of ether oxygens (including phenoxy) is 2. The molecule has 0 radical (unpaired) electrons. The Morgan fingerprint density at radius 1 is 0.739 bits per heavy atom. The lowest BCUT2D eigenvalue weighted by molar-refractivity contribution is -0.169. The van der Waals surface area contributed by atoms with E-state index >= 15 is 0 Å². The van der Waals surface area contributed by atoms with Gasteiger partial charge in [-0.1, -0.05) is 60.7 Å². The molecule has 0 N–H and O–H groups in total. The van der Waals surface area contributed by atoms with Crippen molar-refractivity contribution in [2.75, 3.05) is 14.2 Å². The van der Waals surface area contributed by atoms with Crippen molar-refractivity contribution in [3.63, 3.8) is 0 Å². The van der Waals surface area contributed by atoms with Gasteiger partial charge in [0.05, 0.1) is 14.2 Å². The minimum absolute atomic E-state index is 0.224. The van der Waals surface area contributed by atoms with Crippen molar-refractivity contribution in [2.24, 2.45) is 5.41 Å². The molecule has 0 aliphatic carbocycles. The molecule has 0 aliphatic rings. The second-order valence-electron chi connectivity index (χ2n) is 5.39. The molecule has 0 heterocycles. The average Bonchev–Trinajstić information content (AvgIpc) is 2.61. The molecule has 0 fully saturated rings. The zero-order chi connectivity index (χ0) is 16.7. The molecular weight excluding hydrogens is 292 g/mol. The number of methoxy groups -OCH3 is 2. The van der Waals surface area contributed by atoms with Crippen molar-refractivity contribution in [3.05, 3.63) is 71.8 Å². The first kappa shape index (κ1) is 16.7. The molecular formula is C19H20O4. The van der Waals surface area contributed by atoms with Gasteiger partial charge in [-0.05, 0) is 24.0 Å². The lowest BCUT2D eigenvalue weighted by atomic mass is 9.76. The Morgan fingerprint density at radius 3 is 1.39 bits per heavy atom. The van der Waals surface area contributed by atoms with Crippen LogP contribution in [-0.4, -0.2) is 26.2 Å². The van der Waals surface area contributed by atoms with E-state index in [9.17, 15) is 9.59 Å². The van der Waals surface area contributed by atoms with Gasteiger partial charge in [0.25, 0.3) is 0 Å². The van der Waals surface area contributed by atoms with Crippen LogP contribution in [-0.2, 0) is 31.9 Å². The second kappa shape index (κ2) is 7.58. The molecule has 4 nitrogen and oxygen atoms in total. The molecule has 0 bridgehead atoms. The van der Waals surface area contributed by atoms with E-state index < -0.39 is 17.4 Å². The Balaban J connectivity index is 2.46. The van der Waals surface area contributed by atoms with Crippen molar-refractivity contribution in [3.8, 4) is 0 Å². The maximum Gasteiger partial charge on any atom is 0.323 e. The standard InChI is InChI=1S/C19H20O4/c1-22-17(20)19(18(21)23-2,13-15-9-5-3-6-10-15)14-16-11-7-4-8-12-16/h3-12H,13-14H2,1-2H3. The Bertz CT molecular complexity index is 590. The molecule has 0 aliphatic heterocycles. The summed E-state index contributed by atoms with van der Waals surface area (Å²) >= 11 is 0. The summed E-state index contributed by atoms with van der Waals surface area (Å²) in [4.78, 5) is 25.0. The average molecular weight is 312 g/mol.